The van der Waals surface area contributed by atoms with Gasteiger partial charge in [0.05, 0.1) is 25.3 Å². The van der Waals surface area contributed by atoms with Crippen LogP contribution < -0.4 is 14.4 Å². The Bertz CT molecular complexity index is 1400. The van der Waals surface area contributed by atoms with Gasteiger partial charge in [0.2, 0.25) is 0 Å². The lowest BCUT2D eigenvalue weighted by Gasteiger charge is -2.26. The van der Waals surface area contributed by atoms with Gasteiger partial charge in [0.25, 0.3) is 11.7 Å². The van der Waals surface area contributed by atoms with Crippen LogP contribution in [-0.4, -0.2) is 30.5 Å². The van der Waals surface area contributed by atoms with E-state index < -0.39 is 17.7 Å². The largest absolute Gasteiger partial charge is 0.507 e. The quantitative estimate of drug-likeness (QED) is 0.204. The zero-order valence-corrected chi connectivity index (χ0v) is 23.7. The van der Waals surface area contributed by atoms with Gasteiger partial charge >= 0.3 is 0 Å². The van der Waals surface area contributed by atoms with E-state index in [-0.39, 0.29) is 16.7 Å². The Morgan fingerprint density at radius 1 is 0.974 bits per heavy atom. The minimum atomic E-state index is -0.813. The van der Waals surface area contributed by atoms with Crippen molar-refractivity contribution in [3.05, 3.63) is 94.6 Å². The summed E-state index contributed by atoms with van der Waals surface area (Å²) < 4.78 is 11.4. The van der Waals surface area contributed by atoms with Crippen LogP contribution in [0.5, 0.6) is 11.5 Å². The topological polar surface area (TPSA) is 76.1 Å². The summed E-state index contributed by atoms with van der Waals surface area (Å²) in [6.45, 7) is 12.8. The molecule has 0 aromatic heterocycles. The number of carbonyl (C=O) groups excluding carboxylic acids is 2. The maximum atomic E-state index is 13.5. The van der Waals surface area contributed by atoms with Crippen molar-refractivity contribution in [1.82, 2.24) is 0 Å². The van der Waals surface area contributed by atoms with Crippen molar-refractivity contribution in [2.45, 2.75) is 53.0 Å². The Morgan fingerprint density at radius 2 is 1.62 bits per heavy atom. The lowest BCUT2D eigenvalue weighted by atomic mass is 9.84. The fourth-order valence-electron chi connectivity index (χ4n) is 4.73. The van der Waals surface area contributed by atoms with Gasteiger partial charge in [-0.25, -0.2) is 0 Å². The second kappa shape index (κ2) is 11.0. The molecule has 4 rings (SSSR count). The third-order valence-corrected chi connectivity index (χ3v) is 6.82. The highest BCUT2D eigenvalue weighted by Gasteiger charge is 2.47. The summed E-state index contributed by atoms with van der Waals surface area (Å²) in [6, 6.07) is 19.3. The number of benzene rings is 3. The van der Waals surface area contributed by atoms with Crippen molar-refractivity contribution < 1.29 is 24.2 Å². The van der Waals surface area contributed by atoms with E-state index in [0.717, 1.165) is 11.1 Å². The number of aliphatic hydroxyl groups excluding tert-OH is 1. The highest BCUT2D eigenvalue weighted by atomic mass is 16.5. The summed E-state index contributed by atoms with van der Waals surface area (Å²) in [4.78, 5) is 28.5. The smallest absolute Gasteiger partial charge is 0.300 e. The van der Waals surface area contributed by atoms with Crippen molar-refractivity contribution in [2.75, 3.05) is 18.6 Å². The maximum absolute atomic E-state index is 13.5. The summed E-state index contributed by atoms with van der Waals surface area (Å²) in [5.74, 6) is 0.126. The first-order valence-corrected chi connectivity index (χ1v) is 13.2. The molecule has 1 amide bonds. The van der Waals surface area contributed by atoms with Gasteiger partial charge < -0.3 is 14.6 Å². The van der Waals surface area contributed by atoms with Crippen LogP contribution in [0, 0.1) is 12.8 Å². The lowest BCUT2D eigenvalue weighted by molar-refractivity contribution is -0.132. The van der Waals surface area contributed by atoms with Gasteiger partial charge in [0.1, 0.15) is 17.3 Å². The molecule has 0 saturated carbocycles. The lowest BCUT2D eigenvalue weighted by Crippen LogP contribution is -2.29. The third kappa shape index (κ3) is 5.70. The first kappa shape index (κ1) is 28.0. The SMILES string of the molecule is COc1ccc(/C(O)=C2/C(=O)C(=O)N(c3ccc(C)cc3)C2c2ccc(OCC(C)C)cc2)cc1C(C)(C)C. The van der Waals surface area contributed by atoms with Gasteiger partial charge in [0.15, 0.2) is 0 Å². The van der Waals surface area contributed by atoms with Gasteiger partial charge in [-0.1, -0.05) is 64.4 Å². The molecule has 1 aliphatic heterocycles. The van der Waals surface area contributed by atoms with Crippen molar-refractivity contribution in [2.24, 2.45) is 5.92 Å². The monoisotopic (exact) mass is 527 g/mol. The average molecular weight is 528 g/mol. The summed E-state index contributed by atoms with van der Waals surface area (Å²) >= 11 is 0. The Morgan fingerprint density at radius 3 is 2.18 bits per heavy atom. The van der Waals surface area contributed by atoms with E-state index in [9.17, 15) is 14.7 Å². The number of Topliss-reactive ketones (excluding diaryl/α,β-unsaturated/α-hetero) is 1. The number of aryl methyl sites for hydroxylation is 1. The fourth-order valence-corrected chi connectivity index (χ4v) is 4.73. The molecule has 0 radical (unpaired) electrons. The van der Waals surface area contributed by atoms with E-state index in [1.165, 1.54) is 4.90 Å². The Labute approximate surface area is 230 Å². The average Bonchev–Trinajstić information content (AvgIpc) is 3.17. The van der Waals surface area contributed by atoms with Crippen LogP contribution in [0.2, 0.25) is 0 Å². The van der Waals surface area contributed by atoms with Crippen molar-refractivity contribution >= 4 is 23.1 Å². The first-order valence-electron chi connectivity index (χ1n) is 13.2. The molecule has 204 valence electrons. The summed E-state index contributed by atoms with van der Waals surface area (Å²) in [5, 5.41) is 11.6. The number of carbonyl (C=O) groups is 2. The molecular weight excluding hydrogens is 490 g/mol. The number of amides is 1. The van der Waals surface area contributed by atoms with Crippen LogP contribution in [0.15, 0.2) is 72.3 Å². The number of nitrogens with zero attached hydrogens (tertiary/aromatic N) is 1. The number of aliphatic hydroxyl groups is 1. The molecule has 1 unspecified atom stereocenters. The van der Waals surface area contributed by atoms with Gasteiger partial charge in [-0.2, -0.15) is 0 Å². The van der Waals surface area contributed by atoms with Gasteiger partial charge in [-0.3, -0.25) is 14.5 Å². The van der Waals surface area contributed by atoms with Crippen LogP contribution in [0.25, 0.3) is 5.76 Å². The van der Waals surface area contributed by atoms with E-state index in [2.05, 4.69) is 13.8 Å². The van der Waals surface area contributed by atoms with Crippen LogP contribution in [0.4, 0.5) is 5.69 Å². The summed E-state index contributed by atoms with van der Waals surface area (Å²) in [5.41, 5.74) is 3.40. The molecule has 3 aromatic carbocycles. The minimum Gasteiger partial charge on any atom is -0.507 e. The number of ketones is 1. The summed E-state index contributed by atoms with van der Waals surface area (Å²) in [6.07, 6.45) is 0. The molecule has 1 fully saturated rings. The van der Waals surface area contributed by atoms with Gasteiger partial charge in [-0.15, -0.1) is 0 Å². The molecule has 3 aromatic rings. The third-order valence-electron chi connectivity index (χ3n) is 6.82. The maximum Gasteiger partial charge on any atom is 0.300 e. The Balaban J connectivity index is 1.88. The van der Waals surface area contributed by atoms with Gasteiger partial charge in [0, 0.05) is 16.8 Å². The van der Waals surface area contributed by atoms with E-state index >= 15 is 0 Å². The highest BCUT2D eigenvalue weighted by molar-refractivity contribution is 6.51. The molecule has 1 N–H and O–H groups in total. The van der Waals surface area contributed by atoms with E-state index in [1.807, 2.05) is 82.3 Å². The highest BCUT2D eigenvalue weighted by Crippen LogP contribution is 2.43. The van der Waals surface area contributed by atoms with Crippen molar-refractivity contribution in [3.63, 3.8) is 0 Å². The number of anilines is 1. The molecule has 6 nitrogen and oxygen atoms in total. The Hall–Kier alpha value is -4.06. The zero-order valence-electron chi connectivity index (χ0n) is 23.7. The van der Waals surface area contributed by atoms with Crippen LogP contribution in [-0.2, 0) is 15.0 Å². The predicted molar refractivity (Wildman–Crippen MR) is 154 cm³/mol. The predicted octanol–water partition coefficient (Wildman–Crippen LogP) is 6.96. The number of hydrogen-bond acceptors (Lipinski definition) is 5. The number of methoxy groups -OCH3 is 1. The first-order chi connectivity index (χ1) is 18.4. The van der Waals surface area contributed by atoms with Crippen molar-refractivity contribution in [3.8, 4) is 11.5 Å². The van der Waals surface area contributed by atoms with E-state index in [1.54, 1.807) is 19.2 Å². The summed E-state index contributed by atoms with van der Waals surface area (Å²) in [7, 11) is 1.60. The second-order valence-corrected chi connectivity index (χ2v) is 11.4. The molecule has 1 atom stereocenters. The normalized spacial score (nSPS) is 17.1. The van der Waals surface area contributed by atoms with E-state index in [0.29, 0.717) is 40.8 Å². The molecule has 1 saturated heterocycles. The minimum absolute atomic E-state index is 0.0430. The molecule has 1 heterocycles. The zero-order chi connectivity index (χ0) is 28.5. The molecule has 0 aliphatic carbocycles. The van der Waals surface area contributed by atoms with E-state index in [4.69, 9.17) is 9.47 Å². The molecule has 6 heteroatoms. The fraction of sp³-hybridized carbons (Fsp3) is 0.333. The standard InChI is InChI=1S/C33H37NO5/c1-20(2)19-39-25-15-10-22(11-16-25)29-28(31(36)32(37)34(29)24-13-8-21(3)9-14-24)30(35)23-12-17-27(38-7)26(18-23)33(4,5)6/h8-18,20,29,35H,19H2,1-7H3/b30-28-. The van der Waals surface area contributed by atoms with Crippen LogP contribution >= 0.6 is 0 Å². The molecule has 39 heavy (non-hydrogen) atoms. The number of rotatable bonds is 7. The molecule has 0 bridgehead atoms. The van der Waals surface area contributed by atoms with Crippen LogP contribution in [0.1, 0.15) is 62.9 Å². The Kier molecular flexibility index (Phi) is 7.86. The van der Waals surface area contributed by atoms with Crippen LogP contribution in [0.3, 0.4) is 0 Å². The second-order valence-electron chi connectivity index (χ2n) is 11.4. The van der Waals surface area contributed by atoms with Gasteiger partial charge in [-0.05, 0) is 66.3 Å². The molecule has 0 spiro atoms. The molecular formula is C33H37NO5. The molecule has 1 aliphatic rings. The number of ether oxygens (including phenoxy) is 2. The van der Waals surface area contributed by atoms with Crippen molar-refractivity contribution in [1.29, 1.82) is 0 Å². The number of hydrogen-bond donors (Lipinski definition) is 1.